The van der Waals surface area contributed by atoms with E-state index >= 15 is 0 Å². The van der Waals surface area contributed by atoms with Crippen molar-refractivity contribution in [1.29, 1.82) is 0 Å². The number of ether oxygens (including phenoxy) is 1. The maximum atomic E-state index is 5.52. The van der Waals surface area contributed by atoms with Crippen molar-refractivity contribution < 1.29 is 4.74 Å². The summed E-state index contributed by atoms with van der Waals surface area (Å²) in [5, 5.41) is 6.97. The number of rotatable bonds is 9. The Hall–Kier alpha value is -1.40. The van der Waals surface area contributed by atoms with Crippen LogP contribution in [0.3, 0.4) is 0 Å². The minimum Gasteiger partial charge on any atom is -0.381 e. The third-order valence-corrected chi connectivity index (χ3v) is 6.46. The Morgan fingerprint density at radius 1 is 1.23 bits per heavy atom. The first-order chi connectivity index (χ1) is 12.7. The summed E-state index contributed by atoms with van der Waals surface area (Å²) in [5.74, 6) is 0.896. The van der Waals surface area contributed by atoms with Crippen LogP contribution in [0.4, 0.5) is 5.69 Å². The molecule has 0 unspecified atom stereocenters. The first kappa shape index (κ1) is 20.9. The molecule has 0 atom stereocenters. The highest BCUT2D eigenvalue weighted by molar-refractivity contribution is 8.00. The van der Waals surface area contributed by atoms with E-state index < -0.39 is 0 Å². The second-order valence-corrected chi connectivity index (χ2v) is 7.90. The number of benzene rings is 1. The van der Waals surface area contributed by atoms with Crippen molar-refractivity contribution in [2.75, 3.05) is 57.6 Å². The van der Waals surface area contributed by atoms with Crippen molar-refractivity contribution >= 4 is 23.4 Å². The highest BCUT2D eigenvalue weighted by Gasteiger charge is 2.31. The highest BCUT2D eigenvalue weighted by Crippen LogP contribution is 2.32. The second-order valence-electron chi connectivity index (χ2n) is 6.62. The molecule has 1 aromatic carbocycles. The molecule has 0 radical (unpaired) electrons. The van der Waals surface area contributed by atoms with E-state index in [0.717, 1.165) is 64.6 Å². The Labute approximate surface area is 163 Å². The van der Waals surface area contributed by atoms with E-state index in [0.29, 0.717) is 0 Å². The minimum absolute atomic E-state index is 0.266. The number of thioether (sulfide) groups is 1. The summed E-state index contributed by atoms with van der Waals surface area (Å²) in [6, 6.07) is 10.6. The summed E-state index contributed by atoms with van der Waals surface area (Å²) >= 11 is 1.95. The van der Waals surface area contributed by atoms with E-state index in [-0.39, 0.29) is 4.75 Å². The molecule has 5 nitrogen and oxygen atoms in total. The van der Waals surface area contributed by atoms with Crippen LogP contribution in [0.1, 0.15) is 26.2 Å². The van der Waals surface area contributed by atoms with E-state index in [1.807, 2.05) is 18.8 Å². The van der Waals surface area contributed by atoms with Crippen LogP contribution in [0, 0.1) is 0 Å². The van der Waals surface area contributed by atoms with Crippen LogP contribution < -0.4 is 15.5 Å². The lowest BCUT2D eigenvalue weighted by Crippen LogP contribution is -2.48. The van der Waals surface area contributed by atoms with E-state index in [9.17, 15) is 0 Å². The van der Waals surface area contributed by atoms with Gasteiger partial charge in [0.15, 0.2) is 5.96 Å². The molecule has 1 heterocycles. The number of guanidine groups is 1. The Balaban J connectivity index is 1.71. The summed E-state index contributed by atoms with van der Waals surface area (Å²) in [6.45, 7) is 7.84. The first-order valence-electron chi connectivity index (χ1n) is 9.60. The summed E-state index contributed by atoms with van der Waals surface area (Å²) in [7, 11) is 1.84. The van der Waals surface area contributed by atoms with E-state index in [2.05, 4.69) is 64.0 Å². The molecule has 0 saturated carbocycles. The van der Waals surface area contributed by atoms with Gasteiger partial charge in [0.05, 0.1) is 0 Å². The van der Waals surface area contributed by atoms with Crippen LogP contribution in [0.15, 0.2) is 35.3 Å². The summed E-state index contributed by atoms with van der Waals surface area (Å²) in [4.78, 5) is 6.78. The van der Waals surface area contributed by atoms with Crippen LogP contribution in [-0.4, -0.2) is 63.4 Å². The summed E-state index contributed by atoms with van der Waals surface area (Å²) < 4.78 is 5.78. The molecule has 0 aliphatic carbocycles. The van der Waals surface area contributed by atoms with Gasteiger partial charge in [-0.3, -0.25) is 4.99 Å². The topological polar surface area (TPSA) is 48.9 Å². The number of nitrogens with one attached hydrogen (secondary N) is 2. The van der Waals surface area contributed by atoms with Crippen molar-refractivity contribution in [3.8, 4) is 0 Å². The van der Waals surface area contributed by atoms with E-state index in [1.54, 1.807) is 0 Å². The zero-order valence-electron chi connectivity index (χ0n) is 16.5. The minimum atomic E-state index is 0.266. The smallest absolute Gasteiger partial charge is 0.191 e. The van der Waals surface area contributed by atoms with Crippen molar-refractivity contribution in [2.24, 2.45) is 4.99 Å². The molecule has 0 bridgehead atoms. The van der Waals surface area contributed by atoms with Crippen LogP contribution in [0.2, 0.25) is 0 Å². The average molecular weight is 379 g/mol. The van der Waals surface area contributed by atoms with Gasteiger partial charge in [-0.05, 0) is 44.6 Å². The third kappa shape index (κ3) is 6.40. The van der Waals surface area contributed by atoms with Crippen molar-refractivity contribution in [2.45, 2.75) is 30.9 Å². The molecule has 1 fully saturated rings. The molecule has 2 N–H and O–H groups in total. The molecule has 26 heavy (non-hydrogen) atoms. The summed E-state index contributed by atoms with van der Waals surface area (Å²) in [6.07, 6.45) is 5.47. The normalized spacial score (nSPS) is 17.0. The molecule has 0 amide bonds. The standard InChI is InChI=1S/C20H34N4OS/c1-4-24(18-9-6-5-7-10-18)14-8-13-22-19(21-2)23-17-20(26-3)11-15-25-16-12-20/h5-7,9-10H,4,8,11-17H2,1-3H3,(H2,21,22,23). The maximum absolute atomic E-state index is 5.52. The largest absolute Gasteiger partial charge is 0.381 e. The number of hydrogen-bond donors (Lipinski definition) is 2. The van der Waals surface area contributed by atoms with Gasteiger partial charge in [0.2, 0.25) is 0 Å². The van der Waals surface area contributed by atoms with Crippen molar-refractivity contribution in [3.63, 3.8) is 0 Å². The Morgan fingerprint density at radius 2 is 1.96 bits per heavy atom. The van der Waals surface area contributed by atoms with Gasteiger partial charge in [0, 0.05) is 56.9 Å². The fourth-order valence-corrected chi connectivity index (χ4v) is 4.04. The number of anilines is 1. The SMILES string of the molecule is CCN(CCCNC(=NC)NCC1(SC)CCOCC1)c1ccccc1. The van der Waals surface area contributed by atoms with Crippen molar-refractivity contribution in [1.82, 2.24) is 10.6 Å². The van der Waals surface area contributed by atoms with Gasteiger partial charge in [0.25, 0.3) is 0 Å². The van der Waals surface area contributed by atoms with Gasteiger partial charge in [-0.15, -0.1) is 0 Å². The number of hydrogen-bond acceptors (Lipinski definition) is 4. The first-order valence-corrected chi connectivity index (χ1v) is 10.8. The van der Waals surface area contributed by atoms with Gasteiger partial charge in [-0.1, -0.05) is 18.2 Å². The van der Waals surface area contributed by atoms with Gasteiger partial charge in [-0.25, -0.2) is 0 Å². The lowest BCUT2D eigenvalue weighted by Gasteiger charge is -2.36. The van der Waals surface area contributed by atoms with Crippen molar-refractivity contribution in [3.05, 3.63) is 30.3 Å². The maximum Gasteiger partial charge on any atom is 0.191 e. The van der Waals surface area contributed by atoms with E-state index in [4.69, 9.17) is 4.74 Å². The van der Waals surface area contributed by atoms with Crippen LogP contribution in [-0.2, 0) is 4.74 Å². The Kier molecular flexibility index (Phi) is 9.12. The zero-order chi connectivity index (χ0) is 18.7. The Bertz CT molecular complexity index is 532. The fourth-order valence-electron chi connectivity index (χ4n) is 3.25. The molecule has 1 aliphatic rings. The van der Waals surface area contributed by atoms with Gasteiger partial charge in [0.1, 0.15) is 0 Å². The molecule has 2 rings (SSSR count). The second kappa shape index (κ2) is 11.3. The predicted molar refractivity (Wildman–Crippen MR) is 115 cm³/mol. The molecular weight excluding hydrogens is 344 g/mol. The van der Waals surface area contributed by atoms with Gasteiger partial charge < -0.3 is 20.3 Å². The molecule has 0 spiro atoms. The number of nitrogens with zero attached hydrogens (tertiary/aromatic N) is 2. The fraction of sp³-hybridized carbons (Fsp3) is 0.650. The van der Waals surface area contributed by atoms with E-state index in [1.165, 1.54) is 5.69 Å². The molecule has 1 aliphatic heterocycles. The zero-order valence-corrected chi connectivity index (χ0v) is 17.3. The quantitative estimate of drug-likeness (QED) is 0.393. The molecule has 1 aromatic rings. The average Bonchev–Trinajstić information content (AvgIpc) is 2.71. The number of aliphatic imine (C=N–C) groups is 1. The molecule has 0 aromatic heterocycles. The van der Waals surface area contributed by atoms with Gasteiger partial charge >= 0.3 is 0 Å². The third-order valence-electron chi connectivity index (χ3n) is 5.04. The van der Waals surface area contributed by atoms with Crippen LogP contribution >= 0.6 is 11.8 Å². The monoisotopic (exact) mass is 378 g/mol. The van der Waals surface area contributed by atoms with Crippen LogP contribution in [0.5, 0.6) is 0 Å². The molecular formula is C20H34N4OS. The summed E-state index contributed by atoms with van der Waals surface area (Å²) in [5.41, 5.74) is 1.29. The highest BCUT2D eigenvalue weighted by atomic mass is 32.2. The predicted octanol–water partition coefficient (Wildman–Crippen LogP) is 2.98. The Morgan fingerprint density at radius 3 is 2.58 bits per heavy atom. The molecule has 146 valence electrons. The molecule has 6 heteroatoms. The van der Waals surface area contributed by atoms with Gasteiger partial charge in [-0.2, -0.15) is 11.8 Å². The molecule has 1 saturated heterocycles. The lowest BCUT2D eigenvalue weighted by atomic mass is 9.99. The number of para-hydroxylation sites is 1. The lowest BCUT2D eigenvalue weighted by molar-refractivity contribution is 0.0783. The van der Waals surface area contributed by atoms with Crippen LogP contribution in [0.25, 0.3) is 0 Å².